The van der Waals surface area contributed by atoms with Crippen molar-refractivity contribution in [1.82, 2.24) is 0 Å². The molecule has 3 rings (SSSR count). The van der Waals surface area contributed by atoms with E-state index in [1.807, 2.05) is 24.3 Å². The molecular formula is C34H48Cl2O4. The van der Waals surface area contributed by atoms with Crippen LogP contribution in [0.3, 0.4) is 0 Å². The molecule has 0 aliphatic carbocycles. The molecular weight excluding hydrogens is 543 g/mol. The molecule has 0 spiro atoms. The Morgan fingerprint density at radius 1 is 0.500 bits per heavy atom. The number of halogens is 2. The SMILES string of the molecule is CCC(C)(C)Oc1ccc(OC(C)(C)CC)c2c(OC(C)(C)CC)c3c(Cl)c(Cl)ccc3c(OC(C)(C)CC)c12. The van der Waals surface area contributed by atoms with Gasteiger partial charge in [0.15, 0.2) is 0 Å². The van der Waals surface area contributed by atoms with Crippen LogP contribution in [0.2, 0.25) is 10.0 Å². The van der Waals surface area contributed by atoms with Gasteiger partial charge in [-0.3, -0.25) is 0 Å². The van der Waals surface area contributed by atoms with Gasteiger partial charge >= 0.3 is 0 Å². The summed E-state index contributed by atoms with van der Waals surface area (Å²) in [5.41, 5.74) is -1.79. The lowest BCUT2D eigenvalue weighted by molar-refractivity contribution is 0.0960. The quantitative estimate of drug-likeness (QED) is 0.196. The highest BCUT2D eigenvalue weighted by Crippen LogP contribution is 2.55. The Labute approximate surface area is 251 Å². The lowest BCUT2D eigenvalue weighted by Crippen LogP contribution is -2.30. The fraction of sp³-hybridized carbons (Fsp3) is 0.588. The molecule has 6 heteroatoms. The second-order valence-electron chi connectivity index (χ2n) is 13.1. The number of benzene rings is 3. The molecule has 0 fully saturated rings. The maximum atomic E-state index is 7.02. The Balaban J connectivity index is 2.70. The van der Waals surface area contributed by atoms with Gasteiger partial charge in [0.05, 0.1) is 20.8 Å². The van der Waals surface area contributed by atoms with Crippen molar-refractivity contribution in [2.45, 2.75) is 131 Å². The van der Waals surface area contributed by atoms with E-state index in [1.54, 1.807) is 0 Å². The minimum absolute atomic E-state index is 0.411. The molecule has 0 heterocycles. The van der Waals surface area contributed by atoms with Gasteiger partial charge in [-0.1, -0.05) is 50.9 Å². The highest BCUT2D eigenvalue weighted by molar-refractivity contribution is 6.46. The molecule has 0 aliphatic heterocycles. The van der Waals surface area contributed by atoms with E-state index in [4.69, 9.17) is 42.1 Å². The summed E-state index contributed by atoms with van der Waals surface area (Å²) in [5, 5.41) is 3.96. The summed E-state index contributed by atoms with van der Waals surface area (Å²) in [5.74, 6) is 2.69. The fourth-order valence-electron chi connectivity index (χ4n) is 4.05. The topological polar surface area (TPSA) is 36.9 Å². The minimum atomic E-state index is -0.492. The van der Waals surface area contributed by atoms with E-state index in [-0.39, 0.29) is 0 Å². The van der Waals surface area contributed by atoms with Crippen LogP contribution >= 0.6 is 23.2 Å². The highest BCUT2D eigenvalue weighted by atomic mass is 35.5. The largest absolute Gasteiger partial charge is 0.487 e. The van der Waals surface area contributed by atoms with Gasteiger partial charge in [-0.25, -0.2) is 0 Å². The van der Waals surface area contributed by atoms with Gasteiger partial charge in [0, 0.05) is 10.8 Å². The predicted octanol–water partition coefficient (Wildman–Crippen LogP) is 11.6. The van der Waals surface area contributed by atoms with Crippen molar-refractivity contribution in [2.24, 2.45) is 0 Å². The average Bonchev–Trinajstić information content (AvgIpc) is 2.88. The van der Waals surface area contributed by atoms with Crippen LogP contribution in [0.4, 0.5) is 0 Å². The average molecular weight is 592 g/mol. The van der Waals surface area contributed by atoms with Crippen LogP contribution in [0, 0.1) is 0 Å². The standard InChI is InChI=1S/C34H48Cl2O4/c1-13-31(5,6)37-23-19-20-24(38-32(7,8)14-2)27-26(23)29(39-33(9,10)15-3)21-17-18-22(35)28(36)25(21)30(27)40-34(11,12)16-4/h17-20H,13-16H2,1-12H3. The molecule has 0 aliphatic rings. The molecule has 0 aromatic heterocycles. The van der Waals surface area contributed by atoms with E-state index < -0.39 is 22.4 Å². The normalized spacial score (nSPS) is 13.2. The van der Waals surface area contributed by atoms with Crippen LogP contribution in [-0.2, 0) is 0 Å². The zero-order valence-electron chi connectivity index (χ0n) is 26.5. The predicted molar refractivity (Wildman–Crippen MR) is 171 cm³/mol. The number of hydrogen-bond acceptors (Lipinski definition) is 4. The smallest absolute Gasteiger partial charge is 0.141 e. The Bertz CT molecular complexity index is 1370. The second-order valence-corrected chi connectivity index (χ2v) is 13.9. The zero-order valence-corrected chi connectivity index (χ0v) is 28.0. The van der Waals surface area contributed by atoms with Crippen LogP contribution in [0.25, 0.3) is 21.5 Å². The van der Waals surface area contributed by atoms with Gasteiger partial charge in [-0.2, -0.15) is 0 Å². The van der Waals surface area contributed by atoms with Gasteiger partial charge < -0.3 is 18.9 Å². The molecule has 0 atom stereocenters. The summed E-state index contributed by atoms with van der Waals surface area (Å²) in [6.45, 7) is 25.1. The number of rotatable bonds is 12. The first-order chi connectivity index (χ1) is 18.4. The molecule has 40 heavy (non-hydrogen) atoms. The van der Waals surface area contributed by atoms with Crippen LogP contribution in [0.5, 0.6) is 23.0 Å². The molecule has 0 saturated carbocycles. The van der Waals surface area contributed by atoms with Crippen molar-refractivity contribution < 1.29 is 18.9 Å². The molecule has 4 nitrogen and oxygen atoms in total. The maximum Gasteiger partial charge on any atom is 0.141 e. The van der Waals surface area contributed by atoms with E-state index in [9.17, 15) is 0 Å². The van der Waals surface area contributed by atoms with E-state index in [0.29, 0.717) is 38.4 Å². The molecule has 0 amide bonds. The van der Waals surface area contributed by atoms with Gasteiger partial charge in [-0.05, 0) is 105 Å². The Morgan fingerprint density at radius 2 is 0.875 bits per heavy atom. The summed E-state index contributed by atoms with van der Waals surface area (Å²) in [4.78, 5) is 0. The number of fused-ring (bicyclic) bond motifs is 2. The van der Waals surface area contributed by atoms with E-state index in [1.165, 1.54) is 0 Å². The highest BCUT2D eigenvalue weighted by Gasteiger charge is 2.33. The Hall–Kier alpha value is -2.04. The van der Waals surface area contributed by atoms with Crippen molar-refractivity contribution in [2.75, 3.05) is 0 Å². The Morgan fingerprint density at radius 3 is 1.30 bits per heavy atom. The molecule has 3 aromatic carbocycles. The third-order valence-corrected chi connectivity index (χ3v) is 8.89. The number of hydrogen-bond donors (Lipinski definition) is 0. The van der Waals surface area contributed by atoms with E-state index in [0.717, 1.165) is 41.8 Å². The molecule has 0 saturated heterocycles. The number of ether oxygens (including phenoxy) is 4. The van der Waals surface area contributed by atoms with Crippen molar-refractivity contribution in [1.29, 1.82) is 0 Å². The first kappa shape index (κ1) is 32.5. The first-order valence-corrected chi connectivity index (χ1v) is 15.3. The molecule has 0 radical (unpaired) electrons. The maximum absolute atomic E-state index is 7.02. The molecule has 0 N–H and O–H groups in total. The van der Waals surface area contributed by atoms with Crippen molar-refractivity contribution in [3.63, 3.8) is 0 Å². The van der Waals surface area contributed by atoms with E-state index >= 15 is 0 Å². The molecule has 0 bridgehead atoms. The third-order valence-electron chi connectivity index (χ3n) is 8.08. The lowest BCUT2D eigenvalue weighted by atomic mass is 9.96. The van der Waals surface area contributed by atoms with Crippen LogP contribution < -0.4 is 18.9 Å². The van der Waals surface area contributed by atoms with Crippen LogP contribution in [0.1, 0.15) is 109 Å². The summed E-state index contributed by atoms with van der Waals surface area (Å²) >= 11 is 13.7. The van der Waals surface area contributed by atoms with E-state index in [2.05, 4.69) is 83.1 Å². The monoisotopic (exact) mass is 590 g/mol. The van der Waals surface area contributed by atoms with Crippen LogP contribution in [0.15, 0.2) is 24.3 Å². The molecule has 3 aromatic rings. The first-order valence-electron chi connectivity index (χ1n) is 14.6. The zero-order chi connectivity index (χ0) is 30.3. The van der Waals surface area contributed by atoms with Gasteiger partial charge in [0.25, 0.3) is 0 Å². The van der Waals surface area contributed by atoms with Gasteiger partial charge in [-0.15, -0.1) is 0 Å². The molecule has 222 valence electrons. The van der Waals surface area contributed by atoms with Gasteiger partial charge in [0.1, 0.15) is 45.4 Å². The van der Waals surface area contributed by atoms with Crippen molar-refractivity contribution in [3.8, 4) is 23.0 Å². The van der Waals surface area contributed by atoms with Crippen LogP contribution in [-0.4, -0.2) is 22.4 Å². The summed E-state index contributed by atoms with van der Waals surface area (Å²) in [7, 11) is 0. The van der Waals surface area contributed by atoms with Gasteiger partial charge in [0.2, 0.25) is 0 Å². The summed E-state index contributed by atoms with van der Waals surface area (Å²) in [6.07, 6.45) is 3.23. The Kier molecular flexibility index (Phi) is 9.48. The second kappa shape index (κ2) is 11.7. The fourth-order valence-corrected chi connectivity index (χ4v) is 4.46. The summed E-state index contributed by atoms with van der Waals surface area (Å²) in [6, 6.07) is 7.75. The summed E-state index contributed by atoms with van der Waals surface area (Å²) < 4.78 is 27.2. The minimum Gasteiger partial charge on any atom is -0.487 e. The van der Waals surface area contributed by atoms with Crippen molar-refractivity contribution >= 4 is 44.7 Å². The van der Waals surface area contributed by atoms with Crippen molar-refractivity contribution in [3.05, 3.63) is 34.3 Å². The molecule has 0 unspecified atom stereocenters. The lowest BCUT2D eigenvalue weighted by Gasteiger charge is -2.34. The third kappa shape index (κ3) is 6.87.